The molecule has 0 bridgehead atoms. The van der Waals surface area contributed by atoms with Crippen LogP contribution in [0.15, 0.2) is 105 Å². The fourth-order valence-corrected chi connectivity index (χ4v) is 7.69. The third-order valence-corrected chi connectivity index (χ3v) is 11.6. The molecule has 0 unspecified atom stereocenters. The van der Waals surface area contributed by atoms with Crippen LogP contribution in [0.2, 0.25) is 0 Å². The third-order valence-electron chi connectivity index (χ3n) is 10.8. The van der Waals surface area contributed by atoms with Crippen molar-refractivity contribution in [2.24, 2.45) is 0 Å². The largest absolute Gasteiger partial charge is 0.462 e. The van der Waals surface area contributed by atoms with E-state index in [1.165, 1.54) is 0 Å². The molecule has 7 aromatic rings. The fourth-order valence-electron chi connectivity index (χ4n) is 7.12. The molecule has 18 heteroatoms. The first kappa shape index (κ1) is 50.5. The molecular formula is C51H51Cl3N6O9. The molecule has 0 radical (unpaired) electrons. The highest BCUT2D eigenvalue weighted by Gasteiger charge is 2.22. The lowest BCUT2D eigenvalue weighted by Crippen LogP contribution is -2.06. The number of rotatable bonds is 27. The molecule has 0 spiro atoms. The molecule has 0 N–H and O–H groups in total. The number of ether oxygens (including phenoxy) is 3. The van der Waals surface area contributed by atoms with E-state index in [0.29, 0.717) is 87.5 Å². The topological polar surface area (TPSA) is 196 Å². The van der Waals surface area contributed by atoms with Gasteiger partial charge in [-0.05, 0) is 93.1 Å². The van der Waals surface area contributed by atoms with Crippen LogP contribution in [-0.4, -0.2) is 85.8 Å². The molecule has 0 aliphatic heterocycles. The summed E-state index contributed by atoms with van der Waals surface area (Å²) in [5.74, 6) is 1.48. The molecule has 69 heavy (non-hydrogen) atoms. The fraction of sp³-hybridized carbons (Fsp3) is 0.353. The SMILES string of the molecule is O=C(OCCCCCCCl)c1cccc(-c2noc(-c3cc(-c4nc(-c5cccc(C(=O)OCCCCCCCl)c5)no4)cc(-c4nc(-c5cccc(C(=O)OCCCCCCCl)c5)no4)c3)n2)c1. The highest BCUT2D eigenvalue weighted by atomic mass is 35.5. The number of unbranched alkanes of at least 4 members (excludes halogenated alkanes) is 9. The molecule has 0 aliphatic carbocycles. The molecule has 0 saturated heterocycles. The van der Waals surface area contributed by atoms with Crippen LogP contribution in [0.1, 0.15) is 108 Å². The highest BCUT2D eigenvalue weighted by Crippen LogP contribution is 2.34. The normalized spacial score (nSPS) is 11.2. The number of hydrogen-bond acceptors (Lipinski definition) is 15. The predicted octanol–water partition coefficient (Wildman–Crippen LogP) is 12.7. The number of benzene rings is 4. The van der Waals surface area contributed by atoms with Gasteiger partial charge in [-0.3, -0.25) is 0 Å². The van der Waals surface area contributed by atoms with E-state index in [4.69, 9.17) is 62.6 Å². The number of esters is 3. The van der Waals surface area contributed by atoms with Crippen LogP contribution >= 0.6 is 34.8 Å². The first-order chi connectivity index (χ1) is 33.8. The van der Waals surface area contributed by atoms with Crippen molar-refractivity contribution in [1.29, 1.82) is 0 Å². The van der Waals surface area contributed by atoms with Gasteiger partial charge in [-0.2, -0.15) is 15.0 Å². The van der Waals surface area contributed by atoms with Gasteiger partial charge < -0.3 is 27.8 Å². The van der Waals surface area contributed by atoms with Gasteiger partial charge in [0.05, 0.1) is 36.5 Å². The standard InChI is InChI=1S/C51H51Cl3N6O9/c52-22-7-1-4-10-25-64-49(61)37-19-13-16-34(28-37)43-55-46(67-58-43)40-31-41(47-56-44(59-68-47)35-17-14-20-38(29-35)50(62)65-26-11-5-2-8-23-53)33-42(32-40)48-57-45(60-69-48)36-18-15-21-39(30-36)51(63)66-27-12-6-3-9-24-54/h13-21,28-33H,1-12,22-27H2. The first-order valence-electron chi connectivity index (χ1n) is 23.0. The Morgan fingerprint density at radius 2 is 0.667 bits per heavy atom. The molecule has 15 nitrogen and oxygen atoms in total. The van der Waals surface area contributed by atoms with Crippen molar-refractivity contribution in [3.63, 3.8) is 0 Å². The Morgan fingerprint density at radius 1 is 0.377 bits per heavy atom. The van der Waals surface area contributed by atoms with E-state index in [9.17, 15) is 14.4 Å². The lowest BCUT2D eigenvalue weighted by molar-refractivity contribution is 0.0488. The zero-order valence-electron chi connectivity index (χ0n) is 37.9. The first-order valence-corrected chi connectivity index (χ1v) is 24.6. The maximum absolute atomic E-state index is 12.9. The van der Waals surface area contributed by atoms with E-state index in [2.05, 4.69) is 30.4 Å². The van der Waals surface area contributed by atoms with Gasteiger partial charge in [0.1, 0.15) is 0 Å². The summed E-state index contributed by atoms with van der Waals surface area (Å²) in [6.07, 6.45) is 10.7. The second kappa shape index (κ2) is 26.4. The Hall–Kier alpha value is -6.42. The van der Waals surface area contributed by atoms with Crippen LogP contribution in [0.25, 0.3) is 68.5 Å². The van der Waals surface area contributed by atoms with E-state index in [0.717, 1.165) is 77.0 Å². The summed E-state index contributed by atoms with van der Waals surface area (Å²) in [6, 6.07) is 25.5. The third kappa shape index (κ3) is 14.5. The van der Waals surface area contributed by atoms with Gasteiger partial charge in [0.15, 0.2) is 0 Å². The number of nitrogens with zero attached hydrogens (tertiary/aromatic N) is 6. The average Bonchev–Trinajstić information content (AvgIpc) is 4.20. The second-order valence-corrected chi connectivity index (χ2v) is 17.2. The molecule has 0 aliphatic rings. The summed E-state index contributed by atoms with van der Waals surface area (Å²) in [6.45, 7) is 0.900. The summed E-state index contributed by atoms with van der Waals surface area (Å²) < 4.78 is 33.9. The lowest BCUT2D eigenvalue weighted by Gasteiger charge is -2.05. The monoisotopic (exact) mass is 996 g/mol. The molecule has 3 heterocycles. The van der Waals surface area contributed by atoms with Crippen LogP contribution in [0.4, 0.5) is 0 Å². The van der Waals surface area contributed by atoms with Gasteiger partial charge in [0.2, 0.25) is 17.5 Å². The molecule has 7 rings (SSSR count). The number of alkyl halides is 3. The summed E-state index contributed by atoms with van der Waals surface area (Å²) in [5, 5.41) is 12.7. The molecule has 0 fully saturated rings. The number of halogens is 3. The van der Waals surface area contributed by atoms with Crippen molar-refractivity contribution < 1.29 is 42.2 Å². The zero-order chi connectivity index (χ0) is 48.2. The number of hydrogen-bond donors (Lipinski definition) is 0. The second-order valence-electron chi connectivity index (χ2n) is 16.0. The Labute approximate surface area is 414 Å². The predicted molar refractivity (Wildman–Crippen MR) is 261 cm³/mol. The highest BCUT2D eigenvalue weighted by molar-refractivity contribution is 6.18. The van der Waals surface area contributed by atoms with Crippen molar-refractivity contribution >= 4 is 52.7 Å². The number of aromatic nitrogens is 6. The Bertz CT molecular complexity index is 2470. The average molecular weight is 998 g/mol. The van der Waals surface area contributed by atoms with Crippen molar-refractivity contribution in [3.05, 3.63) is 108 Å². The van der Waals surface area contributed by atoms with Crippen LogP contribution in [-0.2, 0) is 14.2 Å². The van der Waals surface area contributed by atoms with Crippen LogP contribution in [0, 0.1) is 0 Å². The Balaban J connectivity index is 1.14. The zero-order valence-corrected chi connectivity index (χ0v) is 40.1. The van der Waals surface area contributed by atoms with E-state index in [-0.39, 0.29) is 35.1 Å². The van der Waals surface area contributed by atoms with E-state index < -0.39 is 17.9 Å². The van der Waals surface area contributed by atoms with Gasteiger partial charge in [-0.25, -0.2) is 14.4 Å². The minimum absolute atomic E-state index is 0.119. The van der Waals surface area contributed by atoms with E-state index in [1.807, 2.05) is 0 Å². The lowest BCUT2D eigenvalue weighted by atomic mass is 10.0. The minimum Gasteiger partial charge on any atom is -0.462 e. The Morgan fingerprint density at radius 3 is 0.957 bits per heavy atom. The summed E-state index contributed by atoms with van der Waals surface area (Å²) in [4.78, 5) is 52.8. The van der Waals surface area contributed by atoms with Crippen molar-refractivity contribution in [1.82, 2.24) is 30.4 Å². The van der Waals surface area contributed by atoms with E-state index >= 15 is 0 Å². The van der Waals surface area contributed by atoms with Gasteiger partial charge >= 0.3 is 17.9 Å². The molecule has 0 saturated carbocycles. The smallest absolute Gasteiger partial charge is 0.338 e. The van der Waals surface area contributed by atoms with Gasteiger partial charge in [0.25, 0.3) is 17.7 Å². The Kier molecular flexibility index (Phi) is 19.3. The van der Waals surface area contributed by atoms with Crippen LogP contribution in [0.5, 0.6) is 0 Å². The van der Waals surface area contributed by atoms with E-state index in [1.54, 1.807) is 91.0 Å². The maximum atomic E-state index is 12.9. The molecule has 3 aromatic heterocycles. The summed E-state index contributed by atoms with van der Waals surface area (Å²) in [7, 11) is 0. The van der Waals surface area contributed by atoms with Gasteiger partial charge in [0, 0.05) is 51.0 Å². The van der Waals surface area contributed by atoms with Crippen molar-refractivity contribution in [2.45, 2.75) is 77.0 Å². The van der Waals surface area contributed by atoms with Crippen LogP contribution in [0.3, 0.4) is 0 Å². The quantitative estimate of drug-likeness (QED) is 0.0204. The minimum atomic E-state index is -0.458. The molecule has 360 valence electrons. The van der Waals surface area contributed by atoms with Crippen LogP contribution < -0.4 is 0 Å². The number of carbonyl (C=O) groups excluding carboxylic acids is 3. The summed E-state index contributed by atoms with van der Waals surface area (Å²) >= 11 is 17.3. The van der Waals surface area contributed by atoms with Gasteiger partial charge in [-0.1, -0.05) is 90.4 Å². The molecule has 0 amide bonds. The maximum Gasteiger partial charge on any atom is 0.338 e. The molecule has 0 atom stereocenters. The molecular weight excluding hydrogens is 947 g/mol. The van der Waals surface area contributed by atoms with Crippen molar-refractivity contribution in [3.8, 4) is 68.5 Å². The number of carbonyl (C=O) groups is 3. The van der Waals surface area contributed by atoms with Crippen molar-refractivity contribution in [2.75, 3.05) is 37.5 Å². The molecule has 4 aromatic carbocycles. The van der Waals surface area contributed by atoms with Gasteiger partial charge in [-0.15, -0.1) is 34.8 Å². The summed E-state index contributed by atoms with van der Waals surface area (Å²) in [5.41, 5.74) is 3.93.